The summed E-state index contributed by atoms with van der Waals surface area (Å²) in [6.45, 7) is 9.17. The molecule has 5 heteroatoms. The summed E-state index contributed by atoms with van der Waals surface area (Å²) in [5.74, 6) is 0.856. The van der Waals surface area contributed by atoms with Crippen molar-refractivity contribution in [2.24, 2.45) is 4.99 Å². The van der Waals surface area contributed by atoms with E-state index in [0.717, 1.165) is 57.8 Å². The second-order valence-corrected chi connectivity index (χ2v) is 7.46. The molecule has 1 fully saturated rings. The zero-order chi connectivity index (χ0) is 19.7. The van der Waals surface area contributed by atoms with Crippen LogP contribution in [-0.4, -0.2) is 30.0 Å². The zero-order valence-electron chi connectivity index (χ0n) is 16.1. The Bertz CT molecular complexity index is 1040. The van der Waals surface area contributed by atoms with Gasteiger partial charge in [-0.25, -0.2) is 0 Å². The van der Waals surface area contributed by atoms with E-state index in [1.165, 1.54) is 0 Å². The van der Waals surface area contributed by atoms with E-state index in [4.69, 9.17) is 21.1 Å². The van der Waals surface area contributed by atoms with E-state index in [9.17, 15) is 0 Å². The molecule has 0 saturated carbocycles. The van der Waals surface area contributed by atoms with Gasteiger partial charge in [-0.05, 0) is 49.2 Å². The molecule has 4 nitrogen and oxygen atoms in total. The number of nitrogens with one attached hydrogen (secondary N) is 1. The molecular formula is C23H23ClN2O2. The van der Waals surface area contributed by atoms with Crippen molar-refractivity contribution in [3.8, 4) is 16.9 Å². The summed E-state index contributed by atoms with van der Waals surface area (Å²) in [5.41, 5.74) is 6.21. The molecule has 28 heavy (non-hydrogen) atoms. The summed E-state index contributed by atoms with van der Waals surface area (Å²) in [7, 11) is 0. The van der Waals surface area contributed by atoms with Gasteiger partial charge >= 0.3 is 0 Å². The zero-order valence-corrected chi connectivity index (χ0v) is 16.8. The Hall–Kier alpha value is -2.56. The topological polar surface area (TPSA) is 46.6 Å². The highest BCUT2D eigenvalue weighted by molar-refractivity contribution is 6.32. The molecule has 1 aliphatic rings. The van der Waals surface area contributed by atoms with Gasteiger partial charge in [-0.1, -0.05) is 30.3 Å². The van der Waals surface area contributed by atoms with Crippen LogP contribution in [0, 0.1) is 6.92 Å². The molecule has 1 saturated heterocycles. The quantitative estimate of drug-likeness (QED) is 0.546. The average Bonchev–Trinajstić information content (AvgIpc) is 3.30. The lowest BCUT2D eigenvalue weighted by Gasteiger charge is -2.12. The molecule has 1 unspecified atom stereocenters. The highest BCUT2D eigenvalue weighted by Gasteiger charge is 2.18. The van der Waals surface area contributed by atoms with Gasteiger partial charge in [0.05, 0.1) is 30.1 Å². The number of aromatic amines is 1. The Morgan fingerprint density at radius 2 is 2.11 bits per heavy atom. The number of hydrogen-bond donors (Lipinski definition) is 1. The maximum atomic E-state index is 6.44. The molecule has 0 spiro atoms. The number of nitrogens with zero attached hydrogens (tertiary/aromatic N) is 1. The fraction of sp³-hybridized carbons (Fsp3) is 0.261. The van der Waals surface area contributed by atoms with E-state index < -0.39 is 0 Å². The lowest BCUT2D eigenvalue weighted by molar-refractivity contribution is 0.141. The van der Waals surface area contributed by atoms with Gasteiger partial charge in [-0.3, -0.25) is 4.99 Å². The van der Waals surface area contributed by atoms with Crippen molar-refractivity contribution in [2.45, 2.75) is 26.4 Å². The van der Waals surface area contributed by atoms with E-state index in [1.807, 2.05) is 31.2 Å². The van der Waals surface area contributed by atoms with Gasteiger partial charge < -0.3 is 14.5 Å². The number of rotatable bonds is 5. The van der Waals surface area contributed by atoms with Gasteiger partial charge in [-0.2, -0.15) is 0 Å². The van der Waals surface area contributed by atoms with Crippen LogP contribution < -0.4 is 4.74 Å². The summed E-state index contributed by atoms with van der Waals surface area (Å²) >= 11 is 6.44. The van der Waals surface area contributed by atoms with E-state index in [0.29, 0.717) is 11.6 Å². The van der Waals surface area contributed by atoms with Crippen LogP contribution in [0.5, 0.6) is 5.75 Å². The number of aromatic nitrogens is 1. The van der Waals surface area contributed by atoms with Crippen LogP contribution in [0.15, 0.2) is 54.2 Å². The van der Waals surface area contributed by atoms with Gasteiger partial charge in [0.15, 0.2) is 0 Å². The van der Waals surface area contributed by atoms with Gasteiger partial charge in [0, 0.05) is 28.6 Å². The SMILES string of the molecule is C=C/N=C(/C)c1[nH]c2c(-c3ccc(OC4CCOC4)cc3)cc(Cl)cc2c1C. The van der Waals surface area contributed by atoms with E-state index in [-0.39, 0.29) is 6.10 Å². The number of hydrogen-bond acceptors (Lipinski definition) is 3. The van der Waals surface area contributed by atoms with E-state index in [2.05, 4.69) is 35.6 Å². The number of benzene rings is 2. The van der Waals surface area contributed by atoms with Crippen LogP contribution in [0.3, 0.4) is 0 Å². The molecule has 4 rings (SSSR count). The van der Waals surface area contributed by atoms with E-state index >= 15 is 0 Å². The van der Waals surface area contributed by atoms with E-state index in [1.54, 1.807) is 6.20 Å². The van der Waals surface area contributed by atoms with Gasteiger partial charge in [0.1, 0.15) is 11.9 Å². The average molecular weight is 395 g/mol. The Morgan fingerprint density at radius 3 is 2.79 bits per heavy atom. The summed E-state index contributed by atoms with van der Waals surface area (Å²) in [6, 6.07) is 12.1. The minimum atomic E-state index is 0.143. The first kappa shape index (κ1) is 18.8. The fourth-order valence-electron chi connectivity index (χ4n) is 3.69. The van der Waals surface area contributed by atoms with Gasteiger partial charge in [0.2, 0.25) is 0 Å². The maximum Gasteiger partial charge on any atom is 0.124 e. The van der Waals surface area contributed by atoms with Crippen LogP contribution in [-0.2, 0) is 4.74 Å². The summed E-state index contributed by atoms with van der Waals surface area (Å²) in [6.07, 6.45) is 2.64. The number of aliphatic imine (C=N–C) groups is 1. The molecule has 1 N–H and O–H groups in total. The van der Waals surface area contributed by atoms with Crippen molar-refractivity contribution in [3.05, 3.63) is 65.5 Å². The summed E-state index contributed by atoms with van der Waals surface area (Å²) in [4.78, 5) is 7.86. The third-order valence-corrected chi connectivity index (χ3v) is 5.35. The third kappa shape index (κ3) is 3.58. The second kappa shape index (κ2) is 7.82. The first-order valence-electron chi connectivity index (χ1n) is 9.39. The Labute approximate surface area is 169 Å². The predicted octanol–water partition coefficient (Wildman–Crippen LogP) is 5.92. The number of H-pyrrole nitrogens is 1. The molecule has 0 radical (unpaired) electrons. The van der Waals surface area contributed by atoms with Crippen molar-refractivity contribution in [3.63, 3.8) is 0 Å². The van der Waals surface area contributed by atoms with Crippen molar-refractivity contribution in [1.82, 2.24) is 4.98 Å². The molecule has 0 amide bonds. The Kier molecular flexibility index (Phi) is 5.25. The van der Waals surface area contributed by atoms with Crippen LogP contribution in [0.1, 0.15) is 24.6 Å². The number of fused-ring (bicyclic) bond motifs is 1. The van der Waals surface area contributed by atoms with Gasteiger partial charge in [0.25, 0.3) is 0 Å². The standard InChI is InChI=1S/C23H23ClN2O2/c1-4-25-15(3)22-14(2)20-11-17(24)12-21(23(20)26-22)16-5-7-18(8-6-16)28-19-9-10-27-13-19/h4-8,11-12,19,26H,1,9-10,13H2,2-3H3/b25-15-. The highest BCUT2D eigenvalue weighted by Crippen LogP contribution is 2.35. The first-order chi connectivity index (χ1) is 13.6. The number of halogens is 1. The first-order valence-corrected chi connectivity index (χ1v) is 9.77. The van der Waals surface area contributed by atoms with Crippen LogP contribution >= 0.6 is 11.6 Å². The Morgan fingerprint density at radius 1 is 1.32 bits per heavy atom. The van der Waals surface area contributed by atoms with Crippen LogP contribution in [0.25, 0.3) is 22.0 Å². The molecule has 0 bridgehead atoms. The number of ether oxygens (including phenoxy) is 2. The van der Waals surface area contributed by atoms with Crippen molar-refractivity contribution >= 4 is 28.2 Å². The molecule has 144 valence electrons. The smallest absolute Gasteiger partial charge is 0.124 e. The summed E-state index contributed by atoms with van der Waals surface area (Å²) in [5, 5.41) is 1.80. The third-order valence-electron chi connectivity index (χ3n) is 5.13. The highest BCUT2D eigenvalue weighted by atomic mass is 35.5. The predicted molar refractivity (Wildman–Crippen MR) is 116 cm³/mol. The monoisotopic (exact) mass is 394 g/mol. The van der Waals surface area contributed by atoms with Crippen LogP contribution in [0.4, 0.5) is 0 Å². The fourth-order valence-corrected chi connectivity index (χ4v) is 3.91. The number of aryl methyl sites for hydroxylation is 1. The molecule has 0 aliphatic carbocycles. The van der Waals surface area contributed by atoms with Crippen molar-refractivity contribution < 1.29 is 9.47 Å². The molecular weight excluding hydrogens is 372 g/mol. The maximum absolute atomic E-state index is 6.44. The normalized spacial score (nSPS) is 17.2. The van der Waals surface area contributed by atoms with Crippen molar-refractivity contribution in [1.29, 1.82) is 0 Å². The Balaban J connectivity index is 1.74. The summed E-state index contributed by atoms with van der Waals surface area (Å²) < 4.78 is 11.3. The molecule has 2 heterocycles. The second-order valence-electron chi connectivity index (χ2n) is 7.03. The molecule has 3 aromatic rings. The minimum Gasteiger partial charge on any atom is -0.488 e. The molecule has 2 aromatic carbocycles. The minimum absolute atomic E-state index is 0.143. The molecule has 1 aromatic heterocycles. The lowest BCUT2D eigenvalue weighted by atomic mass is 10.0. The van der Waals surface area contributed by atoms with Crippen molar-refractivity contribution in [2.75, 3.05) is 13.2 Å². The largest absolute Gasteiger partial charge is 0.488 e. The van der Waals surface area contributed by atoms with Gasteiger partial charge in [-0.15, -0.1) is 0 Å². The molecule has 1 aliphatic heterocycles. The lowest BCUT2D eigenvalue weighted by Crippen LogP contribution is -2.15. The molecule has 1 atom stereocenters. The van der Waals surface area contributed by atoms with Crippen LogP contribution in [0.2, 0.25) is 5.02 Å².